The van der Waals surface area contributed by atoms with Gasteiger partial charge in [-0.25, -0.2) is 0 Å². The first-order valence-electron chi connectivity index (χ1n) is 5.50. The van der Waals surface area contributed by atoms with Crippen molar-refractivity contribution in [3.63, 3.8) is 0 Å². The van der Waals surface area contributed by atoms with Crippen molar-refractivity contribution in [2.45, 2.75) is 0 Å². The second kappa shape index (κ2) is 5.72. The molecule has 0 atom stereocenters. The van der Waals surface area contributed by atoms with Gasteiger partial charge in [0.2, 0.25) is 0 Å². The van der Waals surface area contributed by atoms with Crippen LogP contribution >= 0.6 is 0 Å². The highest BCUT2D eigenvalue weighted by Crippen LogP contribution is 2.32. The molecule has 6 heteroatoms. The maximum Gasteiger partial charge on any atom is 0.273 e. The Labute approximate surface area is 109 Å². The molecule has 19 heavy (non-hydrogen) atoms. The largest absolute Gasteiger partial charge is 0.494 e. The van der Waals surface area contributed by atoms with Gasteiger partial charge in [0.05, 0.1) is 23.8 Å². The molecule has 0 aliphatic carbocycles. The smallest absolute Gasteiger partial charge is 0.273 e. The summed E-state index contributed by atoms with van der Waals surface area (Å²) in [5.41, 5.74) is 1.09. The number of benzene rings is 2. The number of non-ortho nitro benzene ring substituents is 1. The Balaban J connectivity index is 2.30. The molecule has 0 fully saturated rings. The molecule has 0 saturated heterocycles. The fourth-order valence-electron chi connectivity index (χ4n) is 1.47. The van der Waals surface area contributed by atoms with Gasteiger partial charge in [-0.05, 0) is 18.2 Å². The first-order chi connectivity index (χ1) is 9.20. The Kier molecular flexibility index (Phi) is 3.82. The van der Waals surface area contributed by atoms with Crippen LogP contribution in [0.2, 0.25) is 0 Å². The van der Waals surface area contributed by atoms with Gasteiger partial charge in [-0.2, -0.15) is 5.11 Å². The summed E-state index contributed by atoms with van der Waals surface area (Å²) in [5.74, 6) is 0.314. The lowest BCUT2D eigenvalue weighted by Crippen LogP contribution is -1.89. The predicted molar refractivity (Wildman–Crippen MR) is 70.3 cm³/mol. The van der Waals surface area contributed by atoms with Crippen molar-refractivity contribution in [3.05, 3.63) is 58.6 Å². The lowest BCUT2D eigenvalue weighted by Gasteiger charge is -2.02. The third-order valence-electron chi connectivity index (χ3n) is 2.40. The number of rotatable bonds is 4. The summed E-state index contributed by atoms with van der Waals surface area (Å²) in [7, 11) is 1.43. The van der Waals surface area contributed by atoms with Crippen molar-refractivity contribution < 1.29 is 9.66 Å². The molecule has 0 aliphatic heterocycles. The van der Waals surface area contributed by atoms with Gasteiger partial charge in [0.25, 0.3) is 5.69 Å². The monoisotopic (exact) mass is 257 g/mol. The van der Waals surface area contributed by atoms with Crippen LogP contribution in [0.15, 0.2) is 58.8 Å². The van der Waals surface area contributed by atoms with Crippen LogP contribution in [-0.4, -0.2) is 12.0 Å². The molecule has 0 bridgehead atoms. The van der Waals surface area contributed by atoms with Gasteiger partial charge in [0.15, 0.2) is 5.75 Å². The van der Waals surface area contributed by atoms with Crippen LogP contribution in [0.1, 0.15) is 0 Å². The lowest BCUT2D eigenvalue weighted by atomic mass is 10.2. The molecule has 0 unspecified atom stereocenters. The van der Waals surface area contributed by atoms with Gasteiger partial charge >= 0.3 is 0 Å². The summed E-state index contributed by atoms with van der Waals surface area (Å²) in [6.45, 7) is 0. The van der Waals surface area contributed by atoms with Crippen molar-refractivity contribution >= 4 is 17.1 Å². The summed E-state index contributed by atoms with van der Waals surface area (Å²) in [6.07, 6.45) is 0. The van der Waals surface area contributed by atoms with Crippen LogP contribution in [-0.2, 0) is 0 Å². The second-order valence-electron chi connectivity index (χ2n) is 3.65. The van der Waals surface area contributed by atoms with E-state index in [2.05, 4.69) is 10.2 Å². The Hall–Kier alpha value is -2.76. The fourth-order valence-corrected chi connectivity index (χ4v) is 1.47. The number of azo groups is 1. The Morgan fingerprint density at radius 1 is 1.11 bits per heavy atom. The van der Waals surface area contributed by atoms with E-state index < -0.39 is 4.92 Å². The minimum Gasteiger partial charge on any atom is -0.494 e. The average molecular weight is 257 g/mol. The fraction of sp³-hybridized carbons (Fsp3) is 0.0769. The van der Waals surface area contributed by atoms with Crippen molar-refractivity contribution in [3.8, 4) is 5.75 Å². The minimum atomic E-state index is -0.485. The molecule has 0 aromatic heterocycles. The van der Waals surface area contributed by atoms with Crippen LogP contribution in [0.3, 0.4) is 0 Å². The number of nitrogens with zero attached hydrogens (tertiary/aromatic N) is 3. The zero-order valence-electron chi connectivity index (χ0n) is 10.2. The first-order valence-corrected chi connectivity index (χ1v) is 5.50. The molecule has 0 N–H and O–H groups in total. The minimum absolute atomic E-state index is 0.0458. The SMILES string of the molecule is COc1cc([N+](=O)[O-])ccc1N=Nc1ccccc1. The molecule has 0 amide bonds. The van der Waals surface area contributed by atoms with E-state index in [9.17, 15) is 10.1 Å². The van der Waals surface area contributed by atoms with E-state index in [1.807, 2.05) is 18.2 Å². The molecule has 0 aliphatic rings. The molecular weight excluding hydrogens is 246 g/mol. The first kappa shape index (κ1) is 12.7. The highest BCUT2D eigenvalue weighted by Gasteiger charge is 2.10. The maximum atomic E-state index is 10.7. The van der Waals surface area contributed by atoms with Crippen molar-refractivity contribution in [1.29, 1.82) is 0 Å². The summed E-state index contributed by atoms with van der Waals surface area (Å²) >= 11 is 0. The normalized spacial score (nSPS) is 10.6. The number of hydrogen-bond acceptors (Lipinski definition) is 5. The Morgan fingerprint density at radius 2 is 1.84 bits per heavy atom. The second-order valence-corrected chi connectivity index (χ2v) is 3.65. The van der Waals surface area contributed by atoms with E-state index in [1.54, 1.807) is 12.1 Å². The Morgan fingerprint density at radius 3 is 2.47 bits per heavy atom. The molecule has 0 radical (unpaired) electrons. The van der Waals surface area contributed by atoms with Gasteiger partial charge < -0.3 is 4.74 Å². The zero-order valence-corrected chi connectivity index (χ0v) is 10.2. The van der Waals surface area contributed by atoms with E-state index in [1.165, 1.54) is 25.3 Å². The third kappa shape index (κ3) is 3.12. The highest BCUT2D eigenvalue weighted by molar-refractivity contribution is 5.57. The summed E-state index contributed by atoms with van der Waals surface area (Å²) in [6, 6.07) is 13.4. The highest BCUT2D eigenvalue weighted by atomic mass is 16.6. The average Bonchev–Trinajstić information content (AvgIpc) is 2.45. The topological polar surface area (TPSA) is 77.1 Å². The molecular formula is C13H11N3O3. The molecule has 0 saturated carbocycles. The zero-order chi connectivity index (χ0) is 13.7. The Bertz CT molecular complexity index is 612. The molecule has 96 valence electrons. The quantitative estimate of drug-likeness (QED) is 0.471. The molecule has 0 spiro atoms. The molecule has 2 aromatic carbocycles. The predicted octanol–water partition coefficient (Wildman–Crippen LogP) is 4.02. The lowest BCUT2D eigenvalue weighted by molar-refractivity contribution is -0.384. The van der Waals surface area contributed by atoms with Gasteiger partial charge in [-0.3, -0.25) is 10.1 Å². The number of nitro groups is 1. The summed E-state index contributed by atoms with van der Waals surface area (Å²) in [5, 5.41) is 18.7. The number of hydrogen-bond donors (Lipinski definition) is 0. The van der Waals surface area contributed by atoms with E-state index in [-0.39, 0.29) is 5.69 Å². The van der Waals surface area contributed by atoms with E-state index in [0.717, 1.165) is 0 Å². The summed E-state index contributed by atoms with van der Waals surface area (Å²) in [4.78, 5) is 10.2. The van der Waals surface area contributed by atoms with Crippen LogP contribution in [0.5, 0.6) is 5.75 Å². The van der Waals surface area contributed by atoms with Gasteiger partial charge in [0.1, 0.15) is 5.69 Å². The van der Waals surface area contributed by atoms with Crippen LogP contribution in [0.25, 0.3) is 0 Å². The van der Waals surface area contributed by atoms with E-state index >= 15 is 0 Å². The van der Waals surface area contributed by atoms with E-state index in [4.69, 9.17) is 4.74 Å². The molecule has 2 aromatic rings. The maximum absolute atomic E-state index is 10.7. The van der Waals surface area contributed by atoms with Crippen LogP contribution in [0.4, 0.5) is 17.1 Å². The summed E-state index contributed by atoms with van der Waals surface area (Å²) < 4.78 is 5.07. The number of methoxy groups -OCH3 is 1. The van der Waals surface area contributed by atoms with Crippen molar-refractivity contribution in [1.82, 2.24) is 0 Å². The van der Waals surface area contributed by atoms with Gasteiger partial charge in [-0.15, -0.1) is 5.11 Å². The number of ether oxygens (including phenoxy) is 1. The number of nitro benzene ring substituents is 1. The van der Waals surface area contributed by atoms with Crippen molar-refractivity contribution in [2.75, 3.05) is 7.11 Å². The standard InChI is InChI=1S/C13H11N3O3/c1-19-13-9-11(16(17)18)7-8-12(13)15-14-10-5-3-2-4-6-10/h2-9H,1H3. The van der Waals surface area contributed by atoms with Crippen LogP contribution < -0.4 is 4.74 Å². The van der Waals surface area contributed by atoms with Gasteiger partial charge in [0, 0.05) is 6.07 Å². The van der Waals surface area contributed by atoms with Crippen molar-refractivity contribution in [2.24, 2.45) is 10.2 Å². The molecule has 0 heterocycles. The van der Waals surface area contributed by atoms with Gasteiger partial charge in [-0.1, -0.05) is 18.2 Å². The molecule has 6 nitrogen and oxygen atoms in total. The molecule has 2 rings (SSSR count). The van der Waals surface area contributed by atoms with E-state index in [0.29, 0.717) is 17.1 Å². The van der Waals surface area contributed by atoms with Crippen LogP contribution in [0, 0.1) is 10.1 Å². The third-order valence-corrected chi connectivity index (χ3v) is 2.40.